The van der Waals surface area contributed by atoms with E-state index in [1.807, 2.05) is 0 Å². The minimum atomic E-state index is 0. The van der Waals surface area contributed by atoms with Gasteiger partial charge in [0, 0.05) is 58.9 Å². The number of rotatable bonds is 0. The van der Waals surface area contributed by atoms with Crippen LogP contribution >= 0.6 is 0 Å². The molecule has 0 aromatic heterocycles. The smallest absolute Gasteiger partial charge is 1.00 e. The van der Waals surface area contributed by atoms with Crippen LogP contribution in [0.5, 0.6) is 0 Å². The SMILES string of the molecule is [AlH3].[Au].[Cu].[H-].[H-].[Mg+2].[Zn]. The molecule has 0 unspecified atom stereocenters. The largest absolute Gasteiger partial charge is 2.00 e. The monoisotopic (exact) mass is 380 g/mol. The van der Waals surface area contributed by atoms with Crippen LogP contribution in [0.4, 0.5) is 0 Å². The van der Waals surface area contributed by atoms with E-state index >= 15 is 0 Å². The fourth-order valence-corrected chi connectivity index (χ4v) is 0. The van der Waals surface area contributed by atoms with Gasteiger partial charge in [-0.1, -0.05) is 0 Å². The Labute approximate surface area is 101 Å². The zero-order valence-electron chi connectivity index (χ0n) is 4.02. The fourth-order valence-electron chi connectivity index (χ4n) is 0. The Kier molecular flexibility index (Phi) is 226. The average molecular weight is 382 g/mol. The molecule has 0 N–H and O–H groups in total. The summed E-state index contributed by atoms with van der Waals surface area (Å²) < 4.78 is 0. The number of hydrogen-bond acceptors (Lipinski definition) is 0. The Morgan fingerprint density at radius 3 is 1.20 bits per heavy atom. The second kappa shape index (κ2) is 27.1. The molecular weight excluding hydrogens is 377 g/mol. The van der Waals surface area contributed by atoms with E-state index in [-0.39, 0.29) is 102 Å². The van der Waals surface area contributed by atoms with Gasteiger partial charge in [0.05, 0.1) is 0 Å². The molecule has 0 aromatic rings. The first-order valence-electron chi connectivity index (χ1n) is 0. The number of hydrogen-bond donors (Lipinski definition) is 0. The van der Waals surface area contributed by atoms with Gasteiger partial charge in [0.2, 0.25) is 0 Å². The van der Waals surface area contributed by atoms with Gasteiger partial charge in [0.1, 0.15) is 0 Å². The molecule has 5 heavy (non-hydrogen) atoms. The van der Waals surface area contributed by atoms with Crippen LogP contribution < -0.4 is 0 Å². The van der Waals surface area contributed by atoms with Crippen molar-refractivity contribution in [3.8, 4) is 0 Å². The molecule has 0 aliphatic heterocycles. The first-order chi connectivity index (χ1) is 0. The van der Waals surface area contributed by atoms with Crippen molar-refractivity contribution in [2.75, 3.05) is 0 Å². The molecule has 0 rings (SSSR count). The van der Waals surface area contributed by atoms with Gasteiger partial charge >= 0.3 is 23.1 Å². The molecule has 0 spiro atoms. The zero-order valence-corrected chi connectivity index (χ0v) is 9.51. The van der Waals surface area contributed by atoms with Gasteiger partial charge < -0.3 is 2.85 Å². The maximum absolute atomic E-state index is 0. The standard InChI is InChI=1S/Al.Au.Cu.Mg.Zn.5H/q;;;+2;;;;;2*-1. The molecule has 0 nitrogen and oxygen atoms in total. The van der Waals surface area contributed by atoms with Crippen molar-refractivity contribution in [3.05, 3.63) is 0 Å². The van der Waals surface area contributed by atoms with Crippen LogP contribution in [0.1, 0.15) is 2.85 Å². The third-order valence-electron chi connectivity index (χ3n) is 0. The quantitative estimate of drug-likeness (QED) is 0.455. The van der Waals surface area contributed by atoms with E-state index in [2.05, 4.69) is 0 Å². The fraction of sp³-hybridized carbons (Fsp3) is 0. The van der Waals surface area contributed by atoms with E-state index in [0.717, 1.165) is 0 Å². The second-order valence-corrected chi connectivity index (χ2v) is 0. The van der Waals surface area contributed by atoms with Crippen molar-refractivity contribution >= 4 is 40.4 Å². The molecule has 34 valence electrons. The molecule has 2 radical (unpaired) electrons. The van der Waals surface area contributed by atoms with Crippen LogP contribution in [0.15, 0.2) is 0 Å². The van der Waals surface area contributed by atoms with Crippen molar-refractivity contribution in [2.45, 2.75) is 0 Å². The predicted octanol–water partition coefficient (Wildman–Crippen LogP) is -1.35. The van der Waals surface area contributed by atoms with Gasteiger partial charge in [-0.2, -0.15) is 0 Å². The zero-order chi connectivity index (χ0) is 0. The van der Waals surface area contributed by atoms with Gasteiger partial charge in [-0.3, -0.25) is 0 Å². The molecule has 0 aromatic carbocycles. The first kappa shape index (κ1) is 41.7. The van der Waals surface area contributed by atoms with Gasteiger partial charge in [-0.25, -0.2) is 0 Å². The summed E-state index contributed by atoms with van der Waals surface area (Å²) in [5.41, 5.74) is 0. The molecule has 0 aliphatic carbocycles. The van der Waals surface area contributed by atoms with Crippen LogP contribution in [0.25, 0.3) is 0 Å². The van der Waals surface area contributed by atoms with E-state index in [9.17, 15) is 0 Å². The summed E-state index contributed by atoms with van der Waals surface area (Å²) >= 11 is 0. The van der Waals surface area contributed by atoms with Crippen molar-refractivity contribution in [1.29, 1.82) is 0 Å². The summed E-state index contributed by atoms with van der Waals surface area (Å²) in [4.78, 5) is 0. The summed E-state index contributed by atoms with van der Waals surface area (Å²) in [5, 5.41) is 0. The molecule has 0 fully saturated rings. The Morgan fingerprint density at radius 1 is 1.20 bits per heavy atom. The van der Waals surface area contributed by atoms with Crippen LogP contribution in [0.3, 0.4) is 0 Å². The van der Waals surface area contributed by atoms with E-state index < -0.39 is 0 Å². The van der Waals surface area contributed by atoms with Crippen LogP contribution in [0.2, 0.25) is 0 Å². The molecule has 5 heteroatoms. The van der Waals surface area contributed by atoms with Gasteiger partial charge in [0.15, 0.2) is 17.4 Å². The van der Waals surface area contributed by atoms with Crippen molar-refractivity contribution in [3.63, 3.8) is 0 Å². The Morgan fingerprint density at radius 2 is 1.20 bits per heavy atom. The average Bonchev–Trinajstić information content (AvgIpc) is 0. The van der Waals surface area contributed by atoms with Crippen molar-refractivity contribution in [1.82, 2.24) is 0 Å². The molecular formula is H5AlAuCuMgZn. The van der Waals surface area contributed by atoms with Crippen molar-refractivity contribution < 1.29 is 61.8 Å². The summed E-state index contributed by atoms with van der Waals surface area (Å²) in [7, 11) is 0. The van der Waals surface area contributed by atoms with Crippen LogP contribution in [-0.4, -0.2) is 40.4 Å². The molecule has 0 amide bonds. The van der Waals surface area contributed by atoms with E-state index in [1.54, 1.807) is 0 Å². The second-order valence-electron chi connectivity index (χ2n) is 0. The molecule has 0 saturated carbocycles. The summed E-state index contributed by atoms with van der Waals surface area (Å²) in [5.74, 6) is 0. The Bertz CT molecular complexity index is 17.7. The third-order valence-corrected chi connectivity index (χ3v) is 0. The Balaban J connectivity index is 0. The minimum absolute atomic E-state index is 0. The predicted molar refractivity (Wildman–Crippen MR) is 17.9 cm³/mol. The summed E-state index contributed by atoms with van der Waals surface area (Å²) in [6, 6.07) is 0. The van der Waals surface area contributed by atoms with Crippen molar-refractivity contribution in [2.24, 2.45) is 0 Å². The van der Waals surface area contributed by atoms with Crippen LogP contribution in [0, 0.1) is 0 Å². The Hall–Kier alpha value is 3.18. The molecule has 0 saturated heterocycles. The first-order valence-corrected chi connectivity index (χ1v) is 0. The summed E-state index contributed by atoms with van der Waals surface area (Å²) in [6.07, 6.45) is 0. The van der Waals surface area contributed by atoms with Crippen LogP contribution in [-0.2, 0) is 58.9 Å². The van der Waals surface area contributed by atoms with Gasteiger partial charge in [-0.05, 0) is 0 Å². The molecule has 0 aliphatic rings. The molecule has 0 heterocycles. The van der Waals surface area contributed by atoms with Gasteiger partial charge in [0.25, 0.3) is 0 Å². The van der Waals surface area contributed by atoms with E-state index in [4.69, 9.17) is 0 Å². The molecule has 0 atom stereocenters. The molecule has 0 bridgehead atoms. The maximum Gasteiger partial charge on any atom is 2.00 e. The normalized spacial score (nSPS) is 0. The third kappa shape index (κ3) is 19.0. The van der Waals surface area contributed by atoms with Gasteiger partial charge in [-0.15, -0.1) is 0 Å². The van der Waals surface area contributed by atoms with E-state index in [1.165, 1.54) is 0 Å². The summed E-state index contributed by atoms with van der Waals surface area (Å²) in [6.45, 7) is 0. The topological polar surface area (TPSA) is 0 Å². The minimum Gasteiger partial charge on any atom is -1.00 e. The van der Waals surface area contributed by atoms with E-state index in [0.29, 0.717) is 0 Å². The maximum atomic E-state index is 0.